The van der Waals surface area contributed by atoms with E-state index in [2.05, 4.69) is 190 Å². The minimum Gasteiger partial charge on any atom is -0.457 e. The molecule has 0 amide bonds. The lowest BCUT2D eigenvalue weighted by Gasteiger charge is -2.44. The summed E-state index contributed by atoms with van der Waals surface area (Å²) in [5, 5.41) is 1.39. The maximum atomic E-state index is 14.2. The number of nitrogens with zero attached hydrogens (tertiary/aromatic N) is 8. The quantitative estimate of drug-likeness (QED) is 0.0677. The molecule has 3 aromatic heterocycles. The summed E-state index contributed by atoms with van der Waals surface area (Å²) < 4.78 is 14.0. The lowest BCUT2D eigenvalue weighted by Crippen LogP contribution is -2.61. The summed E-state index contributed by atoms with van der Waals surface area (Å²) in [6, 6.07) is 121. The molecular formula is C95H63BN8O4. The number of carbonyl (C=O) groups is 2. The highest BCUT2D eigenvalue weighted by Gasteiger charge is 2.43. The number of hydrogen-bond acceptors (Lipinski definition) is 11. The minimum absolute atomic E-state index is 0.0418. The van der Waals surface area contributed by atoms with Crippen LogP contribution >= 0.6 is 0 Å². The van der Waals surface area contributed by atoms with Crippen molar-refractivity contribution in [3.8, 4) is 84.9 Å². The number of carbonyl (C=O) groups excluding carboxylic acids is 2. The predicted octanol–water partition coefficient (Wildman–Crippen LogP) is 20.2. The molecule has 2 aliphatic rings. The topological polar surface area (TPSA) is 128 Å². The number of ether oxygens (including phenoxy) is 2. The van der Waals surface area contributed by atoms with Crippen LogP contribution in [0.25, 0.3) is 107 Å². The van der Waals surface area contributed by atoms with Crippen molar-refractivity contribution in [2.45, 2.75) is 13.2 Å². The fourth-order valence-corrected chi connectivity index (χ4v) is 15.2. The van der Waals surface area contributed by atoms with Gasteiger partial charge in [0.1, 0.15) is 13.2 Å². The Kier molecular flexibility index (Phi) is 16.5. The second kappa shape index (κ2) is 27.6. The molecule has 0 bridgehead atoms. The van der Waals surface area contributed by atoms with Crippen LogP contribution in [-0.4, -0.2) is 48.1 Å². The molecule has 108 heavy (non-hydrogen) atoms. The lowest BCUT2D eigenvalue weighted by molar-refractivity contribution is 0.0464. The second-order valence-electron chi connectivity index (χ2n) is 26.9. The zero-order valence-corrected chi connectivity index (χ0v) is 58.3. The molecule has 0 saturated heterocycles. The van der Waals surface area contributed by atoms with Crippen molar-refractivity contribution in [2.75, 3.05) is 9.80 Å². The van der Waals surface area contributed by atoms with E-state index in [1.807, 2.05) is 170 Å². The largest absolute Gasteiger partial charge is 0.457 e. The monoisotopic (exact) mass is 1390 g/mol. The Labute approximate surface area is 623 Å². The van der Waals surface area contributed by atoms with Crippen LogP contribution in [0, 0.1) is 0 Å². The number of esters is 2. The van der Waals surface area contributed by atoms with Gasteiger partial charge in [-0.05, 0) is 148 Å². The van der Waals surface area contributed by atoms with Gasteiger partial charge in [0.2, 0.25) is 0 Å². The highest BCUT2D eigenvalue weighted by molar-refractivity contribution is 7.00. The van der Waals surface area contributed by atoms with Crippen molar-refractivity contribution in [1.29, 1.82) is 0 Å². The molecule has 0 fully saturated rings. The first-order valence-electron chi connectivity index (χ1n) is 36.0. The summed E-state index contributed by atoms with van der Waals surface area (Å²) in [5.41, 5.74) is 23.5. The molecule has 2 aliphatic heterocycles. The van der Waals surface area contributed by atoms with E-state index in [-0.39, 0.29) is 19.9 Å². The summed E-state index contributed by atoms with van der Waals surface area (Å²) in [6.07, 6.45) is 0. The van der Waals surface area contributed by atoms with Gasteiger partial charge in [-0.1, -0.05) is 249 Å². The van der Waals surface area contributed by atoms with Crippen LogP contribution in [0.5, 0.6) is 0 Å². The third-order valence-electron chi connectivity index (χ3n) is 20.4. The van der Waals surface area contributed by atoms with Gasteiger partial charge in [0.25, 0.3) is 6.71 Å². The average Bonchev–Trinajstić information content (AvgIpc) is 0.925. The summed E-state index contributed by atoms with van der Waals surface area (Å²) >= 11 is 0. The number of hydrogen-bond donors (Lipinski definition) is 0. The van der Waals surface area contributed by atoms with E-state index in [1.165, 1.54) is 27.8 Å². The molecule has 0 radical (unpaired) electrons. The van der Waals surface area contributed by atoms with E-state index in [1.54, 1.807) is 12.1 Å². The van der Waals surface area contributed by atoms with E-state index in [0.717, 1.165) is 89.7 Å². The van der Waals surface area contributed by atoms with Crippen molar-refractivity contribution >= 4 is 91.0 Å². The van der Waals surface area contributed by atoms with Gasteiger partial charge in [-0.15, -0.1) is 0 Å². The third-order valence-corrected chi connectivity index (χ3v) is 20.4. The van der Waals surface area contributed by atoms with Crippen molar-refractivity contribution < 1.29 is 19.1 Å². The summed E-state index contributed by atoms with van der Waals surface area (Å²) in [6.45, 7) is 0.223. The van der Waals surface area contributed by atoms with Crippen LogP contribution in [0.3, 0.4) is 0 Å². The fourth-order valence-electron chi connectivity index (χ4n) is 15.2. The fraction of sp³-hybridized carbons (Fsp3) is 0.0211. The molecule has 14 aromatic carbocycles. The van der Waals surface area contributed by atoms with Crippen LogP contribution in [0.1, 0.15) is 31.8 Å². The molecule has 0 spiro atoms. The van der Waals surface area contributed by atoms with Crippen molar-refractivity contribution in [3.63, 3.8) is 0 Å². The highest BCUT2D eigenvalue weighted by atomic mass is 16.5. The van der Waals surface area contributed by atoms with Crippen molar-refractivity contribution in [2.24, 2.45) is 0 Å². The molecule has 17 aromatic rings. The standard InChI is InChI=1S/C95H63BN8O4/c105-94(107-60-62-24-7-1-8-25-62)71-49-54-82-75(57-71)76-58-72(95(106)108-61-63-26-9-2-10-27-63)50-55-83(76)104(82)84-53-48-70(92-97-80(66-28-11-3-12-29-66)59-81(98-92)67-30-13-4-14-31-67)56-77(84)93-100-90(68-32-15-5-16-33-68)99-91(101-93)69-44-42-64(43-45-69)65-46-51-74(52-47-65)103-86-39-22-20-37-79(86)96-78-36-19-21-38-85(78)102(73-34-17-6-18-35-73)87-40-23-41-88(103)89(87)96/h1-59H,60-61H2. The molecule has 12 nitrogen and oxygen atoms in total. The van der Waals surface area contributed by atoms with E-state index in [0.29, 0.717) is 62.0 Å². The number of rotatable bonds is 16. The first kappa shape index (κ1) is 64.4. The molecule has 0 unspecified atom stereocenters. The molecule has 510 valence electrons. The van der Waals surface area contributed by atoms with Gasteiger partial charge in [0.05, 0.1) is 39.2 Å². The lowest BCUT2D eigenvalue weighted by atomic mass is 9.33. The van der Waals surface area contributed by atoms with Crippen LogP contribution in [0.15, 0.2) is 358 Å². The minimum atomic E-state index is -0.494. The second-order valence-corrected chi connectivity index (χ2v) is 26.9. The normalized spacial score (nSPS) is 12.0. The number of aromatic nitrogens is 6. The Balaban J connectivity index is 0.743. The zero-order valence-electron chi connectivity index (χ0n) is 58.3. The third kappa shape index (κ3) is 12.0. The molecular weight excluding hydrogens is 1330 g/mol. The van der Waals surface area contributed by atoms with E-state index in [4.69, 9.17) is 34.4 Å². The molecule has 0 N–H and O–H groups in total. The van der Waals surface area contributed by atoms with Gasteiger partial charge in [-0.25, -0.2) is 34.5 Å². The van der Waals surface area contributed by atoms with E-state index in [9.17, 15) is 9.59 Å². The first-order chi connectivity index (χ1) is 53.4. The highest BCUT2D eigenvalue weighted by Crippen LogP contribution is 2.45. The van der Waals surface area contributed by atoms with Gasteiger partial charge in [-0.2, -0.15) is 0 Å². The number of anilines is 6. The van der Waals surface area contributed by atoms with Gasteiger partial charge in [0, 0.05) is 78.3 Å². The molecule has 13 heteroatoms. The Morgan fingerprint density at radius 1 is 0.296 bits per heavy atom. The van der Waals surface area contributed by atoms with Crippen LogP contribution < -0.4 is 26.2 Å². The summed E-state index contributed by atoms with van der Waals surface area (Å²) in [7, 11) is 0. The maximum Gasteiger partial charge on any atom is 0.338 e. The molecule has 0 saturated carbocycles. The Morgan fingerprint density at radius 3 is 1.19 bits per heavy atom. The zero-order chi connectivity index (χ0) is 72.0. The number of fused-ring (bicyclic) bond motifs is 7. The SMILES string of the molecule is O=C(OCc1ccccc1)c1ccc2c(c1)c1cc(C(=O)OCc3ccccc3)ccc1n2-c1ccc(-c2nc(-c3ccccc3)cc(-c3ccccc3)n2)cc1-c1nc(-c2ccccc2)nc(-c2ccc(-c3ccc(N4c5ccccc5B5c6ccccc6N(c6ccccc6)c6cccc4c65)cc3)cc2)n1. The number of benzene rings is 14. The number of para-hydroxylation sites is 3. The first-order valence-corrected chi connectivity index (χ1v) is 36.0. The van der Waals surface area contributed by atoms with E-state index < -0.39 is 11.9 Å². The van der Waals surface area contributed by atoms with Crippen molar-refractivity contribution in [1.82, 2.24) is 29.5 Å². The molecule has 5 heterocycles. The smallest absolute Gasteiger partial charge is 0.338 e. The van der Waals surface area contributed by atoms with Crippen LogP contribution in [0.2, 0.25) is 0 Å². The Hall–Kier alpha value is -14.4. The summed E-state index contributed by atoms with van der Waals surface area (Å²) in [5.74, 6) is 0.780. The van der Waals surface area contributed by atoms with Crippen molar-refractivity contribution in [3.05, 3.63) is 380 Å². The molecule has 0 atom stereocenters. The summed E-state index contributed by atoms with van der Waals surface area (Å²) in [4.78, 5) is 60.1. The average molecular weight is 1390 g/mol. The predicted molar refractivity (Wildman–Crippen MR) is 433 cm³/mol. The Morgan fingerprint density at radius 2 is 0.685 bits per heavy atom. The van der Waals surface area contributed by atoms with Gasteiger partial charge >= 0.3 is 11.9 Å². The maximum absolute atomic E-state index is 14.2. The Bertz CT molecular complexity index is 6120. The molecule has 19 rings (SSSR count). The van der Waals surface area contributed by atoms with Gasteiger partial charge in [0.15, 0.2) is 23.3 Å². The van der Waals surface area contributed by atoms with Crippen LogP contribution in [0.4, 0.5) is 34.1 Å². The van der Waals surface area contributed by atoms with Gasteiger partial charge < -0.3 is 23.8 Å². The van der Waals surface area contributed by atoms with Crippen LogP contribution in [-0.2, 0) is 22.7 Å². The molecule has 0 aliphatic carbocycles. The van der Waals surface area contributed by atoms with E-state index >= 15 is 0 Å². The van der Waals surface area contributed by atoms with Gasteiger partial charge in [-0.3, -0.25) is 0 Å².